The molecular formula is C12H12N4O4. The summed E-state index contributed by atoms with van der Waals surface area (Å²) in [7, 11) is 0. The molecule has 1 aromatic heterocycles. The number of aromatic nitrogens is 3. The molecule has 20 heavy (non-hydrogen) atoms. The van der Waals surface area contributed by atoms with Gasteiger partial charge in [-0.05, 0) is 19.9 Å². The first-order valence-corrected chi connectivity index (χ1v) is 5.89. The van der Waals surface area contributed by atoms with E-state index in [2.05, 4.69) is 10.3 Å². The maximum atomic E-state index is 11.7. The number of nitro benzene ring substituents is 1. The fraction of sp³-hybridized carbons (Fsp3) is 0.250. The van der Waals surface area contributed by atoms with Crippen LogP contribution in [-0.2, 0) is 4.74 Å². The van der Waals surface area contributed by atoms with E-state index < -0.39 is 10.9 Å². The number of para-hydroxylation sites is 2. The van der Waals surface area contributed by atoms with Crippen LogP contribution in [0.2, 0.25) is 0 Å². The quantitative estimate of drug-likeness (QED) is 0.478. The number of carbonyl (C=O) groups excluding carboxylic acids is 1. The monoisotopic (exact) mass is 276 g/mol. The Morgan fingerprint density at radius 2 is 2.15 bits per heavy atom. The lowest BCUT2D eigenvalue weighted by Crippen LogP contribution is -2.08. The molecule has 0 N–H and O–H groups in total. The van der Waals surface area contributed by atoms with Gasteiger partial charge in [-0.15, -0.1) is 5.10 Å². The molecule has 2 aromatic rings. The zero-order chi connectivity index (χ0) is 14.7. The molecule has 0 saturated heterocycles. The number of benzene rings is 1. The van der Waals surface area contributed by atoms with Crippen molar-refractivity contribution in [3.05, 3.63) is 45.8 Å². The average molecular weight is 276 g/mol. The van der Waals surface area contributed by atoms with Crippen molar-refractivity contribution in [2.75, 3.05) is 6.61 Å². The molecule has 0 aliphatic carbocycles. The van der Waals surface area contributed by atoms with Crippen LogP contribution in [0.25, 0.3) is 5.69 Å². The largest absolute Gasteiger partial charge is 0.461 e. The molecule has 0 unspecified atom stereocenters. The lowest BCUT2D eigenvalue weighted by Gasteiger charge is -2.04. The molecule has 0 radical (unpaired) electrons. The molecule has 0 aliphatic rings. The zero-order valence-electron chi connectivity index (χ0n) is 10.9. The first-order chi connectivity index (χ1) is 9.56. The highest BCUT2D eigenvalue weighted by molar-refractivity contribution is 5.88. The van der Waals surface area contributed by atoms with E-state index in [0.29, 0.717) is 5.69 Å². The van der Waals surface area contributed by atoms with Crippen molar-refractivity contribution >= 4 is 11.7 Å². The molecule has 0 saturated carbocycles. The minimum Gasteiger partial charge on any atom is -0.461 e. The maximum Gasteiger partial charge on any atom is 0.360 e. The number of hydrogen-bond donors (Lipinski definition) is 0. The zero-order valence-corrected chi connectivity index (χ0v) is 10.9. The Bertz CT molecular complexity index is 665. The highest BCUT2D eigenvalue weighted by Gasteiger charge is 2.22. The number of ether oxygens (including phenoxy) is 1. The van der Waals surface area contributed by atoms with Crippen LogP contribution in [0.15, 0.2) is 24.3 Å². The summed E-state index contributed by atoms with van der Waals surface area (Å²) >= 11 is 0. The maximum absolute atomic E-state index is 11.7. The first-order valence-electron chi connectivity index (χ1n) is 5.89. The van der Waals surface area contributed by atoms with Gasteiger partial charge in [-0.2, -0.15) is 0 Å². The summed E-state index contributed by atoms with van der Waals surface area (Å²) in [5.74, 6) is -0.602. The van der Waals surface area contributed by atoms with Crippen LogP contribution < -0.4 is 0 Å². The first kappa shape index (κ1) is 13.7. The van der Waals surface area contributed by atoms with Crippen LogP contribution in [0, 0.1) is 17.0 Å². The second kappa shape index (κ2) is 5.47. The van der Waals surface area contributed by atoms with Crippen molar-refractivity contribution in [2.24, 2.45) is 0 Å². The molecule has 2 rings (SSSR count). The molecule has 0 bridgehead atoms. The minimum absolute atomic E-state index is 0.0463. The number of carbonyl (C=O) groups is 1. The highest BCUT2D eigenvalue weighted by Crippen LogP contribution is 2.23. The lowest BCUT2D eigenvalue weighted by atomic mass is 10.2. The fourth-order valence-electron chi connectivity index (χ4n) is 1.74. The second-order valence-electron chi connectivity index (χ2n) is 3.90. The van der Waals surface area contributed by atoms with E-state index >= 15 is 0 Å². The predicted octanol–water partition coefficient (Wildman–Crippen LogP) is 1.66. The molecule has 0 fully saturated rings. The number of nitrogens with zero attached hydrogens (tertiary/aromatic N) is 4. The minimum atomic E-state index is -0.602. The van der Waals surface area contributed by atoms with Gasteiger partial charge in [-0.25, -0.2) is 9.48 Å². The number of nitro groups is 1. The Morgan fingerprint density at radius 3 is 2.80 bits per heavy atom. The van der Waals surface area contributed by atoms with Crippen LogP contribution in [0.4, 0.5) is 5.69 Å². The number of hydrogen-bond acceptors (Lipinski definition) is 6. The standard InChI is InChI=1S/C12H12N4O4/c1-3-20-12(17)11-8(2)15(14-13-11)9-6-4-5-7-10(9)16(18)19/h4-7H,3H2,1-2H3. The van der Waals surface area contributed by atoms with E-state index in [4.69, 9.17) is 4.74 Å². The van der Waals surface area contributed by atoms with E-state index in [1.165, 1.54) is 16.8 Å². The van der Waals surface area contributed by atoms with Gasteiger partial charge in [-0.1, -0.05) is 17.3 Å². The van der Waals surface area contributed by atoms with Gasteiger partial charge in [0.1, 0.15) is 5.69 Å². The van der Waals surface area contributed by atoms with Crippen molar-refractivity contribution in [3.63, 3.8) is 0 Å². The SMILES string of the molecule is CCOC(=O)c1nnn(-c2ccccc2[N+](=O)[O-])c1C. The highest BCUT2D eigenvalue weighted by atomic mass is 16.6. The van der Waals surface area contributed by atoms with Crippen LogP contribution in [0.3, 0.4) is 0 Å². The Labute approximate surface area is 114 Å². The molecule has 0 amide bonds. The smallest absolute Gasteiger partial charge is 0.360 e. The van der Waals surface area contributed by atoms with Crippen molar-refractivity contribution in [3.8, 4) is 5.69 Å². The Morgan fingerprint density at radius 1 is 1.45 bits per heavy atom. The van der Waals surface area contributed by atoms with E-state index in [1.54, 1.807) is 26.0 Å². The average Bonchev–Trinajstić information content (AvgIpc) is 2.80. The third kappa shape index (κ3) is 2.35. The van der Waals surface area contributed by atoms with Gasteiger partial charge in [0.2, 0.25) is 0 Å². The third-order valence-electron chi connectivity index (χ3n) is 2.67. The third-order valence-corrected chi connectivity index (χ3v) is 2.67. The summed E-state index contributed by atoms with van der Waals surface area (Å²) in [6.07, 6.45) is 0. The van der Waals surface area contributed by atoms with Crippen molar-refractivity contribution < 1.29 is 14.5 Å². The van der Waals surface area contributed by atoms with Crippen LogP contribution >= 0.6 is 0 Å². The van der Waals surface area contributed by atoms with Crippen LogP contribution in [0.1, 0.15) is 23.1 Å². The molecule has 0 aliphatic heterocycles. The van der Waals surface area contributed by atoms with Crippen LogP contribution in [0.5, 0.6) is 0 Å². The van der Waals surface area contributed by atoms with E-state index in [9.17, 15) is 14.9 Å². The normalized spacial score (nSPS) is 10.3. The van der Waals surface area contributed by atoms with Gasteiger partial charge in [-0.3, -0.25) is 10.1 Å². The second-order valence-corrected chi connectivity index (χ2v) is 3.90. The summed E-state index contributed by atoms with van der Waals surface area (Å²) in [4.78, 5) is 22.1. The molecular weight excluding hydrogens is 264 g/mol. The number of rotatable bonds is 4. The Hall–Kier alpha value is -2.77. The summed E-state index contributed by atoms with van der Waals surface area (Å²) in [6.45, 7) is 3.50. The molecule has 0 atom stereocenters. The molecule has 8 heteroatoms. The predicted molar refractivity (Wildman–Crippen MR) is 68.7 cm³/mol. The molecule has 104 valence electrons. The lowest BCUT2D eigenvalue weighted by molar-refractivity contribution is -0.384. The van der Waals surface area contributed by atoms with Gasteiger partial charge in [0.15, 0.2) is 5.69 Å². The van der Waals surface area contributed by atoms with Gasteiger partial charge in [0.25, 0.3) is 5.69 Å². The summed E-state index contributed by atoms with van der Waals surface area (Å²) in [6, 6.07) is 6.10. The summed E-state index contributed by atoms with van der Waals surface area (Å²) in [5.41, 5.74) is 0.566. The molecule has 1 heterocycles. The molecule has 8 nitrogen and oxygen atoms in total. The van der Waals surface area contributed by atoms with Gasteiger partial charge in [0, 0.05) is 6.07 Å². The van der Waals surface area contributed by atoms with Crippen LogP contribution in [-0.4, -0.2) is 32.5 Å². The van der Waals surface area contributed by atoms with E-state index in [-0.39, 0.29) is 23.7 Å². The summed E-state index contributed by atoms with van der Waals surface area (Å²) < 4.78 is 6.10. The van der Waals surface area contributed by atoms with E-state index in [1.807, 2.05) is 0 Å². The van der Waals surface area contributed by atoms with Crippen molar-refractivity contribution in [1.82, 2.24) is 15.0 Å². The van der Waals surface area contributed by atoms with E-state index in [0.717, 1.165) is 0 Å². The fourth-order valence-corrected chi connectivity index (χ4v) is 1.74. The summed E-state index contributed by atoms with van der Waals surface area (Å²) in [5, 5.41) is 18.5. The van der Waals surface area contributed by atoms with Crippen molar-refractivity contribution in [1.29, 1.82) is 0 Å². The number of esters is 1. The Kier molecular flexibility index (Phi) is 3.74. The van der Waals surface area contributed by atoms with Gasteiger partial charge < -0.3 is 4.74 Å². The van der Waals surface area contributed by atoms with Gasteiger partial charge in [0.05, 0.1) is 17.2 Å². The Balaban J connectivity index is 2.50. The van der Waals surface area contributed by atoms with Crippen molar-refractivity contribution in [2.45, 2.75) is 13.8 Å². The topological polar surface area (TPSA) is 100 Å². The van der Waals surface area contributed by atoms with Gasteiger partial charge >= 0.3 is 5.97 Å². The molecule has 0 spiro atoms. The molecule has 1 aromatic carbocycles.